The molecule has 0 spiro atoms. The molecule has 0 heterocycles. The van der Waals surface area contributed by atoms with Crippen molar-refractivity contribution in [2.24, 2.45) is 5.92 Å². The van der Waals surface area contributed by atoms with Crippen LogP contribution in [0.3, 0.4) is 0 Å². The molecule has 13 heavy (non-hydrogen) atoms. The van der Waals surface area contributed by atoms with Crippen molar-refractivity contribution in [1.29, 1.82) is 0 Å². The van der Waals surface area contributed by atoms with Gasteiger partial charge < -0.3 is 4.74 Å². The number of methoxy groups -OCH3 is 1. The Hall–Kier alpha value is -1.05. The Morgan fingerprint density at radius 3 is 2.62 bits per heavy atom. The molecule has 1 aromatic rings. The van der Waals surface area contributed by atoms with Gasteiger partial charge in [0.25, 0.3) is 0 Å². The van der Waals surface area contributed by atoms with Gasteiger partial charge in [0.2, 0.25) is 0 Å². The predicted octanol–water partition coefficient (Wildman–Crippen LogP) is 3.03. The molecular weight excluding hydrogens is 166 g/mol. The van der Waals surface area contributed by atoms with Gasteiger partial charge in [-0.2, -0.15) is 0 Å². The summed E-state index contributed by atoms with van der Waals surface area (Å²) in [6, 6.07) is 4.85. The summed E-state index contributed by atoms with van der Waals surface area (Å²) in [6.45, 7) is 4.14. The molecule has 0 fully saturated rings. The van der Waals surface area contributed by atoms with Crippen LogP contribution >= 0.6 is 0 Å². The van der Waals surface area contributed by atoms with Gasteiger partial charge >= 0.3 is 0 Å². The summed E-state index contributed by atoms with van der Waals surface area (Å²) >= 11 is 0. The summed E-state index contributed by atoms with van der Waals surface area (Å²) in [6.07, 6.45) is 0.753. The van der Waals surface area contributed by atoms with E-state index in [9.17, 15) is 4.39 Å². The first-order valence-corrected chi connectivity index (χ1v) is 4.46. The van der Waals surface area contributed by atoms with Gasteiger partial charge in [0.1, 0.15) is 11.6 Å². The van der Waals surface area contributed by atoms with E-state index >= 15 is 0 Å². The van der Waals surface area contributed by atoms with E-state index in [4.69, 9.17) is 4.74 Å². The molecular formula is C11H15FO. The molecule has 1 rings (SSSR count). The van der Waals surface area contributed by atoms with Crippen LogP contribution in [0.1, 0.15) is 19.4 Å². The normalized spacial score (nSPS) is 10.5. The standard InChI is InChI=1S/C11H15FO/c1-8(2)6-9-7-10(13-3)4-5-11(9)12/h4-5,7-8H,6H2,1-3H3/i12-1. The highest BCUT2D eigenvalue weighted by Gasteiger charge is 2.05. The van der Waals surface area contributed by atoms with Crippen molar-refractivity contribution in [2.75, 3.05) is 7.11 Å². The molecule has 0 amide bonds. The summed E-state index contributed by atoms with van der Waals surface area (Å²) in [5, 5.41) is 0. The van der Waals surface area contributed by atoms with E-state index in [1.54, 1.807) is 19.2 Å². The molecule has 0 aliphatic carbocycles. The van der Waals surface area contributed by atoms with Crippen LogP contribution in [0.25, 0.3) is 0 Å². The zero-order valence-corrected chi connectivity index (χ0v) is 8.30. The molecule has 72 valence electrons. The molecule has 1 aromatic carbocycles. The van der Waals surface area contributed by atoms with Crippen LogP contribution in [0.4, 0.5) is 4.39 Å². The molecule has 0 N–H and O–H groups in total. The Balaban J connectivity index is 2.90. The van der Waals surface area contributed by atoms with E-state index < -0.39 is 0 Å². The van der Waals surface area contributed by atoms with Crippen molar-refractivity contribution in [3.8, 4) is 5.75 Å². The minimum absolute atomic E-state index is 0.144. The van der Waals surface area contributed by atoms with Crippen LogP contribution in [0.15, 0.2) is 18.2 Å². The van der Waals surface area contributed by atoms with Crippen LogP contribution in [0.5, 0.6) is 5.75 Å². The SMILES string of the molecule is COc1ccc([18F])c(CC(C)C)c1. The highest BCUT2D eigenvalue weighted by molar-refractivity contribution is 5.29. The van der Waals surface area contributed by atoms with E-state index in [1.165, 1.54) is 6.07 Å². The monoisotopic (exact) mass is 181 g/mol. The minimum Gasteiger partial charge on any atom is -0.497 e. The average molecular weight is 181 g/mol. The van der Waals surface area contributed by atoms with Crippen LogP contribution in [0, 0.1) is 11.7 Å². The predicted molar refractivity (Wildman–Crippen MR) is 51.5 cm³/mol. The molecule has 1 nitrogen and oxygen atoms in total. The second kappa shape index (κ2) is 4.26. The maximum atomic E-state index is 13.2. The molecule has 0 saturated carbocycles. The zero-order chi connectivity index (χ0) is 9.84. The van der Waals surface area contributed by atoms with Gasteiger partial charge in [-0.25, -0.2) is 4.39 Å². The van der Waals surface area contributed by atoms with Crippen LogP contribution in [0.2, 0.25) is 0 Å². The van der Waals surface area contributed by atoms with Gasteiger partial charge in [-0.15, -0.1) is 0 Å². The van der Waals surface area contributed by atoms with Crippen LogP contribution < -0.4 is 4.74 Å². The van der Waals surface area contributed by atoms with E-state index in [0.717, 1.165) is 17.7 Å². The maximum absolute atomic E-state index is 13.2. The van der Waals surface area contributed by atoms with E-state index in [1.807, 2.05) is 0 Å². The second-order valence-corrected chi connectivity index (χ2v) is 3.56. The quantitative estimate of drug-likeness (QED) is 0.696. The van der Waals surface area contributed by atoms with Crippen molar-refractivity contribution >= 4 is 0 Å². The van der Waals surface area contributed by atoms with Crippen molar-refractivity contribution in [3.63, 3.8) is 0 Å². The Morgan fingerprint density at radius 1 is 1.38 bits per heavy atom. The number of rotatable bonds is 3. The summed E-state index contributed by atoms with van der Waals surface area (Å²) in [4.78, 5) is 0. The third kappa shape index (κ3) is 2.72. The van der Waals surface area contributed by atoms with Gasteiger partial charge in [-0.3, -0.25) is 0 Å². The highest BCUT2D eigenvalue weighted by Crippen LogP contribution is 2.19. The third-order valence-electron chi connectivity index (χ3n) is 1.88. The first-order valence-electron chi connectivity index (χ1n) is 4.46. The third-order valence-corrected chi connectivity index (χ3v) is 1.88. The number of ether oxygens (including phenoxy) is 1. The summed E-state index contributed by atoms with van der Waals surface area (Å²) < 4.78 is 18.2. The molecule has 0 aromatic heterocycles. The van der Waals surface area contributed by atoms with Gasteiger partial charge in [-0.1, -0.05) is 13.8 Å². The second-order valence-electron chi connectivity index (χ2n) is 3.56. The number of hydrogen-bond acceptors (Lipinski definition) is 1. The summed E-state index contributed by atoms with van der Waals surface area (Å²) in [5.74, 6) is 1.04. The van der Waals surface area contributed by atoms with E-state index in [2.05, 4.69) is 13.8 Å². The van der Waals surface area contributed by atoms with Gasteiger partial charge in [0, 0.05) is 0 Å². The van der Waals surface area contributed by atoms with Crippen LogP contribution in [-0.4, -0.2) is 7.11 Å². The number of hydrogen-bond donors (Lipinski definition) is 0. The Kier molecular flexibility index (Phi) is 3.29. The molecule has 0 atom stereocenters. The largest absolute Gasteiger partial charge is 0.497 e. The molecule has 2 heteroatoms. The topological polar surface area (TPSA) is 9.23 Å². The lowest BCUT2D eigenvalue weighted by Crippen LogP contribution is -1.98. The van der Waals surface area contributed by atoms with Gasteiger partial charge in [-0.05, 0) is 36.1 Å². The Bertz CT molecular complexity index is 281. The first-order chi connectivity index (χ1) is 6.13. The summed E-state index contributed by atoms with van der Waals surface area (Å²) in [7, 11) is 1.59. The van der Waals surface area contributed by atoms with Crippen LogP contribution in [-0.2, 0) is 6.42 Å². The first kappa shape index (κ1) is 10.0. The fraction of sp³-hybridized carbons (Fsp3) is 0.455. The average Bonchev–Trinajstić information content (AvgIpc) is 2.08. The smallest absolute Gasteiger partial charge is 0.126 e. The lowest BCUT2D eigenvalue weighted by atomic mass is 10.0. The van der Waals surface area contributed by atoms with Crippen molar-refractivity contribution in [1.82, 2.24) is 0 Å². The fourth-order valence-corrected chi connectivity index (χ4v) is 1.27. The maximum Gasteiger partial charge on any atom is 0.126 e. The molecule has 0 aliphatic rings. The molecule has 0 bridgehead atoms. The van der Waals surface area contributed by atoms with Crippen molar-refractivity contribution in [3.05, 3.63) is 29.6 Å². The van der Waals surface area contributed by atoms with Gasteiger partial charge in [0.15, 0.2) is 0 Å². The molecule has 0 radical (unpaired) electrons. The van der Waals surface area contributed by atoms with Gasteiger partial charge in [0.05, 0.1) is 7.11 Å². The molecule has 0 aliphatic heterocycles. The zero-order valence-electron chi connectivity index (χ0n) is 8.30. The van der Waals surface area contributed by atoms with Crippen molar-refractivity contribution in [2.45, 2.75) is 20.3 Å². The fourth-order valence-electron chi connectivity index (χ4n) is 1.27. The Morgan fingerprint density at radius 2 is 2.08 bits per heavy atom. The summed E-state index contributed by atoms with van der Waals surface area (Å²) in [5.41, 5.74) is 0.731. The highest BCUT2D eigenvalue weighted by atomic mass is 18.2. The van der Waals surface area contributed by atoms with E-state index in [0.29, 0.717) is 5.92 Å². The molecule has 0 unspecified atom stereocenters. The number of halogens is 1. The van der Waals surface area contributed by atoms with E-state index in [-0.39, 0.29) is 5.82 Å². The lowest BCUT2D eigenvalue weighted by Gasteiger charge is -2.07. The lowest BCUT2D eigenvalue weighted by molar-refractivity contribution is 0.412. The minimum atomic E-state index is -0.144. The van der Waals surface area contributed by atoms with Crippen molar-refractivity contribution < 1.29 is 9.13 Å². The Labute approximate surface area is 78.5 Å². The number of benzene rings is 1. The molecule has 0 saturated heterocycles.